The molecule has 0 heterocycles. The van der Waals surface area contributed by atoms with Crippen molar-refractivity contribution < 1.29 is 122 Å². The van der Waals surface area contributed by atoms with E-state index in [-0.39, 0.29) is 18.9 Å². The van der Waals surface area contributed by atoms with Crippen LogP contribution in [0.4, 0.5) is 87.8 Å². The van der Waals surface area contributed by atoms with Gasteiger partial charge in [0.15, 0.2) is 93.1 Å². The van der Waals surface area contributed by atoms with Crippen LogP contribution in [0, 0.1) is 116 Å². The average molecular weight is 868 g/mol. The predicted molar refractivity (Wildman–Crippen MR) is 144 cm³/mol. The second-order valence-electron chi connectivity index (χ2n) is 8.00. The van der Waals surface area contributed by atoms with Gasteiger partial charge in [-0.15, -0.1) is 50.5 Å². The van der Waals surface area contributed by atoms with E-state index < -0.39 is 143 Å². The average Bonchev–Trinajstić information content (AvgIpc) is 3.11. The quantitative estimate of drug-likeness (QED) is 0.0497. The van der Waals surface area contributed by atoms with Crippen LogP contribution in [0.25, 0.3) is 0 Å². The van der Waals surface area contributed by atoms with Gasteiger partial charge in [-0.05, 0) is 0 Å². The van der Waals surface area contributed by atoms with Crippen molar-refractivity contribution in [3.05, 3.63) is 116 Å². The van der Waals surface area contributed by atoms with Crippen molar-refractivity contribution in [2.75, 3.05) is 0 Å². The van der Waals surface area contributed by atoms with E-state index in [1.54, 1.807) is 0 Å². The van der Waals surface area contributed by atoms with Gasteiger partial charge in [0.1, 0.15) is 0 Å². The molecule has 0 fully saturated rings. The molecule has 0 amide bonds. The van der Waals surface area contributed by atoms with Crippen molar-refractivity contribution in [1.29, 1.82) is 0 Å². The van der Waals surface area contributed by atoms with Gasteiger partial charge in [-0.2, -0.15) is 0 Å². The fourth-order valence-electron chi connectivity index (χ4n) is 2.37. The molecule has 53 heavy (non-hydrogen) atoms. The van der Waals surface area contributed by atoms with Crippen molar-refractivity contribution in [3.8, 4) is 0 Å². The first-order valence-corrected chi connectivity index (χ1v) is 13.2. The second kappa shape index (κ2) is 22.1. The number of hydrogen-bond acceptors (Lipinski definition) is 7. The molecule has 4 aromatic rings. The summed E-state index contributed by atoms with van der Waals surface area (Å²) in [5.74, 6) is -40.0. The molecule has 288 valence electrons. The Morgan fingerprint density at radius 1 is 0.264 bits per heavy atom. The second-order valence-corrected chi connectivity index (χ2v) is 9.79. The summed E-state index contributed by atoms with van der Waals surface area (Å²) >= 11 is 12.4. The Morgan fingerprint density at radius 2 is 0.321 bits per heavy atom. The van der Waals surface area contributed by atoms with Crippen molar-refractivity contribution in [1.82, 2.24) is 0 Å². The molecule has 0 saturated heterocycles. The maximum atomic E-state index is 12.3. The minimum absolute atomic E-state index is 0. The van der Waals surface area contributed by atoms with Crippen LogP contribution in [-0.4, -0.2) is 17.4 Å². The predicted octanol–water partition coefficient (Wildman–Crippen LogP) is 5.00. The van der Waals surface area contributed by atoms with Gasteiger partial charge in [0, 0.05) is 0 Å². The molecule has 0 aliphatic carbocycles. The van der Waals surface area contributed by atoms with Crippen molar-refractivity contribution in [2.45, 2.75) is 19.6 Å². The van der Waals surface area contributed by atoms with Gasteiger partial charge < -0.3 is 15.1 Å². The molecule has 0 aliphatic heterocycles. The summed E-state index contributed by atoms with van der Waals surface area (Å²) in [5.41, 5.74) is 0. The van der Waals surface area contributed by atoms with E-state index in [2.05, 4.69) is 50.5 Å². The number of halogens is 20. The summed E-state index contributed by atoms with van der Waals surface area (Å²) in [4.78, 5) is -4.70. The van der Waals surface area contributed by atoms with Crippen molar-refractivity contribution in [2.24, 2.45) is 0 Å². The fraction of sp³-hybridized carbons (Fsp3) is 0. The molecule has 0 bridgehead atoms. The Balaban J connectivity index is 0. The zero-order valence-corrected chi connectivity index (χ0v) is 27.8. The number of thiol groups is 4. The van der Waals surface area contributed by atoms with Crippen LogP contribution in [0.15, 0.2) is 19.6 Å². The maximum Gasteiger partial charge on any atom is 1.00 e. The first-order chi connectivity index (χ1) is 23.6. The zero-order chi connectivity index (χ0) is 41.4. The summed E-state index contributed by atoms with van der Waals surface area (Å²) in [6.45, 7) is 0. The van der Waals surface area contributed by atoms with Crippen LogP contribution in [0.1, 0.15) is 0 Å². The molecule has 0 aromatic heterocycles. The maximum absolute atomic E-state index is 12.3. The van der Waals surface area contributed by atoms with E-state index >= 15 is 0 Å². The molecular formula is C24H6BF20LiO3S4. The molecule has 0 atom stereocenters. The SMILES string of the molecule is Fc1c(F)c(F)c(S)c(F)c1F.Fc1c(F)c(F)c(S)c(F)c1F.Fc1c(F)c(F)c(S)c(F)c1F.Fc1c(F)c(F)c(S)c(F)c1F.[Li+].[O-]B(O)O. The van der Waals surface area contributed by atoms with Crippen molar-refractivity contribution >= 4 is 57.8 Å². The molecule has 0 spiro atoms. The van der Waals surface area contributed by atoms with E-state index in [1.807, 2.05) is 0 Å². The number of benzene rings is 4. The molecule has 29 heteroatoms. The number of hydrogen-bond donors (Lipinski definition) is 6. The van der Waals surface area contributed by atoms with E-state index in [9.17, 15) is 87.8 Å². The monoisotopic (exact) mass is 868 g/mol. The Kier molecular flexibility index (Phi) is 21.9. The molecule has 0 radical (unpaired) electrons. The molecule has 4 aromatic carbocycles. The minimum atomic E-state index is -2.42. The topological polar surface area (TPSA) is 63.5 Å². The Bertz CT molecular complexity index is 1270. The van der Waals surface area contributed by atoms with Crippen LogP contribution in [0.3, 0.4) is 0 Å². The summed E-state index contributed by atoms with van der Waals surface area (Å²) < 4.78 is 245. The largest absolute Gasteiger partial charge is 1.00 e. The molecule has 4 rings (SSSR count). The van der Waals surface area contributed by atoms with Crippen LogP contribution >= 0.6 is 50.5 Å². The van der Waals surface area contributed by atoms with E-state index in [4.69, 9.17) is 15.1 Å². The van der Waals surface area contributed by atoms with Crippen LogP contribution < -0.4 is 23.9 Å². The summed E-state index contributed by atoms with van der Waals surface area (Å²) in [6.07, 6.45) is 0. The van der Waals surface area contributed by atoms with E-state index in [0.717, 1.165) is 0 Å². The van der Waals surface area contributed by atoms with Gasteiger partial charge in [-0.25, -0.2) is 87.8 Å². The number of rotatable bonds is 0. The third-order valence-electron chi connectivity index (χ3n) is 4.75. The van der Waals surface area contributed by atoms with E-state index in [0.29, 0.717) is 0 Å². The summed E-state index contributed by atoms with van der Waals surface area (Å²) in [7, 11) is -2.42. The molecule has 0 saturated carbocycles. The first-order valence-electron chi connectivity index (χ1n) is 11.4. The minimum Gasteiger partial charge on any atom is -0.832 e. The van der Waals surface area contributed by atoms with Gasteiger partial charge in [0.05, 0.1) is 19.6 Å². The molecular weight excluding hydrogens is 862 g/mol. The molecule has 0 unspecified atom stereocenters. The van der Waals surface area contributed by atoms with Crippen LogP contribution in [0.5, 0.6) is 0 Å². The van der Waals surface area contributed by atoms with Gasteiger partial charge in [-0.1, -0.05) is 0 Å². The summed E-state index contributed by atoms with van der Waals surface area (Å²) in [6, 6.07) is 0. The third-order valence-corrected chi connectivity index (χ3v) is 6.32. The zero-order valence-electron chi connectivity index (χ0n) is 24.2. The Morgan fingerprint density at radius 3 is 0.396 bits per heavy atom. The first kappa shape index (κ1) is 52.5. The van der Waals surface area contributed by atoms with Gasteiger partial charge in [-0.3, -0.25) is 0 Å². The third kappa shape index (κ3) is 12.7. The van der Waals surface area contributed by atoms with E-state index in [1.165, 1.54) is 0 Å². The van der Waals surface area contributed by atoms with Gasteiger partial charge in [0.25, 0.3) is 0 Å². The van der Waals surface area contributed by atoms with Gasteiger partial charge >= 0.3 is 26.2 Å². The summed E-state index contributed by atoms with van der Waals surface area (Å²) in [5, 5.41) is 22.8. The fourth-order valence-corrected chi connectivity index (χ4v) is 3.16. The molecule has 2 N–H and O–H groups in total. The smallest absolute Gasteiger partial charge is 0.832 e. The normalized spacial score (nSPS) is 10.0. The Labute approximate surface area is 314 Å². The van der Waals surface area contributed by atoms with Gasteiger partial charge in [0.2, 0.25) is 23.3 Å². The van der Waals surface area contributed by atoms with Crippen LogP contribution in [-0.2, 0) is 0 Å². The molecule has 0 aliphatic rings. The standard InChI is InChI=1S/4C6HF5S.BH2O3.Li/c4*7-1-2(8)4(10)6(12)5(11)3(1)9;2-1(3)4;/h4*12H;2-3H;/q;;;;-1;+1. The molecule has 3 nitrogen and oxygen atoms in total. The Hall–Kier alpha value is -2.58. The van der Waals surface area contributed by atoms with Crippen molar-refractivity contribution in [3.63, 3.8) is 0 Å². The van der Waals surface area contributed by atoms with Crippen LogP contribution in [0.2, 0.25) is 0 Å².